The number of carbonyl (C=O) groups is 1. The number of aryl methyl sites for hydroxylation is 1. The Hall–Kier alpha value is -2.10. The highest BCUT2D eigenvalue weighted by atomic mass is 16.5. The zero-order valence-electron chi connectivity index (χ0n) is 15.7. The van der Waals surface area contributed by atoms with Crippen molar-refractivity contribution in [2.75, 3.05) is 0 Å². The first kappa shape index (κ1) is 17.3. The van der Waals surface area contributed by atoms with E-state index in [0.29, 0.717) is 23.3 Å². The summed E-state index contributed by atoms with van der Waals surface area (Å²) in [5.74, 6) is 1.53. The average molecular weight is 354 g/mol. The molecule has 0 aliphatic heterocycles. The SMILES string of the molecule is Cc1cc2oc(=O)cc(COC(=O)C3CC4CCC3C4)c2cc1C(C)C. The smallest absolute Gasteiger partial charge is 0.336 e. The lowest BCUT2D eigenvalue weighted by molar-refractivity contribution is -0.151. The van der Waals surface area contributed by atoms with Gasteiger partial charge in [0.2, 0.25) is 0 Å². The van der Waals surface area contributed by atoms with Crippen molar-refractivity contribution in [3.63, 3.8) is 0 Å². The molecule has 0 radical (unpaired) electrons. The highest BCUT2D eigenvalue weighted by Crippen LogP contribution is 2.48. The minimum absolute atomic E-state index is 0.0496. The molecular formula is C22H26O4. The largest absolute Gasteiger partial charge is 0.461 e. The Labute approximate surface area is 153 Å². The molecule has 2 aliphatic rings. The molecular weight excluding hydrogens is 328 g/mol. The summed E-state index contributed by atoms with van der Waals surface area (Å²) >= 11 is 0. The third kappa shape index (κ3) is 3.06. The maximum Gasteiger partial charge on any atom is 0.336 e. The second-order valence-corrected chi connectivity index (χ2v) is 8.34. The lowest BCUT2D eigenvalue weighted by atomic mass is 9.89. The van der Waals surface area contributed by atoms with E-state index in [0.717, 1.165) is 29.4 Å². The van der Waals surface area contributed by atoms with E-state index in [1.165, 1.54) is 24.5 Å². The second-order valence-electron chi connectivity index (χ2n) is 8.34. The molecule has 0 amide bonds. The number of carbonyl (C=O) groups excluding carboxylic acids is 1. The van der Waals surface area contributed by atoms with Gasteiger partial charge in [-0.1, -0.05) is 20.3 Å². The summed E-state index contributed by atoms with van der Waals surface area (Å²) in [5.41, 5.74) is 3.21. The summed E-state index contributed by atoms with van der Waals surface area (Å²) in [7, 11) is 0. The van der Waals surface area contributed by atoms with Crippen molar-refractivity contribution >= 4 is 16.9 Å². The van der Waals surface area contributed by atoms with Gasteiger partial charge in [-0.2, -0.15) is 0 Å². The van der Waals surface area contributed by atoms with Crippen molar-refractivity contribution in [2.24, 2.45) is 17.8 Å². The quantitative estimate of drug-likeness (QED) is 0.590. The number of ether oxygens (including phenoxy) is 1. The summed E-state index contributed by atoms with van der Waals surface area (Å²) in [5, 5.41) is 0.861. The van der Waals surface area contributed by atoms with Crippen LogP contribution in [0.5, 0.6) is 0 Å². The van der Waals surface area contributed by atoms with Crippen molar-refractivity contribution in [2.45, 2.75) is 59.0 Å². The van der Waals surface area contributed by atoms with Gasteiger partial charge in [0, 0.05) is 17.0 Å². The van der Waals surface area contributed by atoms with Crippen LogP contribution in [-0.2, 0) is 16.1 Å². The first-order chi connectivity index (χ1) is 12.4. The third-order valence-electron chi connectivity index (χ3n) is 6.25. The predicted octanol–water partition coefficient (Wildman–Crippen LogP) is 4.70. The molecule has 2 aliphatic carbocycles. The van der Waals surface area contributed by atoms with E-state index in [9.17, 15) is 9.59 Å². The molecule has 1 aromatic heterocycles. The van der Waals surface area contributed by atoms with E-state index < -0.39 is 5.63 Å². The van der Waals surface area contributed by atoms with Crippen LogP contribution in [0.4, 0.5) is 0 Å². The van der Waals surface area contributed by atoms with Gasteiger partial charge in [0.1, 0.15) is 12.2 Å². The van der Waals surface area contributed by atoms with Crippen molar-refractivity contribution < 1.29 is 13.9 Å². The number of fused-ring (bicyclic) bond motifs is 3. The van der Waals surface area contributed by atoms with E-state index in [4.69, 9.17) is 9.15 Å². The van der Waals surface area contributed by atoms with Crippen molar-refractivity contribution in [3.8, 4) is 0 Å². The molecule has 2 saturated carbocycles. The highest BCUT2D eigenvalue weighted by molar-refractivity contribution is 5.82. The minimum atomic E-state index is -0.403. The van der Waals surface area contributed by atoms with E-state index in [-0.39, 0.29) is 18.5 Å². The summed E-state index contributed by atoms with van der Waals surface area (Å²) in [6, 6.07) is 5.43. The van der Waals surface area contributed by atoms with E-state index >= 15 is 0 Å². The van der Waals surface area contributed by atoms with Crippen LogP contribution in [0.2, 0.25) is 0 Å². The minimum Gasteiger partial charge on any atom is -0.461 e. The number of rotatable bonds is 4. The predicted molar refractivity (Wildman–Crippen MR) is 100 cm³/mol. The maximum atomic E-state index is 12.5. The van der Waals surface area contributed by atoms with Crippen LogP contribution < -0.4 is 5.63 Å². The average Bonchev–Trinajstić information content (AvgIpc) is 3.21. The van der Waals surface area contributed by atoms with Gasteiger partial charge in [0.05, 0.1) is 5.92 Å². The highest BCUT2D eigenvalue weighted by Gasteiger charge is 2.43. The molecule has 2 aromatic rings. The van der Waals surface area contributed by atoms with Crippen LogP contribution in [-0.4, -0.2) is 5.97 Å². The van der Waals surface area contributed by atoms with Gasteiger partial charge in [-0.05, 0) is 67.2 Å². The van der Waals surface area contributed by atoms with Gasteiger partial charge < -0.3 is 9.15 Å². The zero-order valence-corrected chi connectivity index (χ0v) is 15.7. The topological polar surface area (TPSA) is 56.5 Å². The molecule has 0 saturated heterocycles. The molecule has 4 heteroatoms. The number of hydrogen-bond acceptors (Lipinski definition) is 4. The molecule has 3 unspecified atom stereocenters. The Morgan fingerprint density at radius 2 is 2.04 bits per heavy atom. The summed E-state index contributed by atoms with van der Waals surface area (Å²) < 4.78 is 11.0. The molecule has 0 spiro atoms. The molecule has 3 atom stereocenters. The van der Waals surface area contributed by atoms with Crippen LogP contribution in [0.25, 0.3) is 11.0 Å². The number of esters is 1. The summed E-state index contributed by atoms with van der Waals surface area (Å²) in [6.45, 7) is 6.44. The fourth-order valence-electron chi connectivity index (χ4n) is 4.92. The van der Waals surface area contributed by atoms with Crippen LogP contribution in [0.15, 0.2) is 27.4 Å². The fraction of sp³-hybridized carbons (Fsp3) is 0.545. The number of benzene rings is 1. The van der Waals surface area contributed by atoms with Gasteiger partial charge in [0.15, 0.2) is 0 Å². The van der Waals surface area contributed by atoms with Gasteiger partial charge in [-0.3, -0.25) is 4.79 Å². The third-order valence-corrected chi connectivity index (χ3v) is 6.25. The lowest BCUT2D eigenvalue weighted by Crippen LogP contribution is -2.23. The lowest BCUT2D eigenvalue weighted by Gasteiger charge is -2.20. The fourth-order valence-corrected chi connectivity index (χ4v) is 4.92. The van der Waals surface area contributed by atoms with Crippen molar-refractivity contribution in [1.82, 2.24) is 0 Å². The molecule has 4 nitrogen and oxygen atoms in total. The molecule has 26 heavy (non-hydrogen) atoms. The Kier molecular flexibility index (Phi) is 4.37. The molecule has 1 heterocycles. The normalized spacial score (nSPS) is 24.5. The first-order valence-corrected chi connectivity index (χ1v) is 9.66. The second kappa shape index (κ2) is 6.57. The van der Waals surface area contributed by atoms with Gasteiger partial charge >= 0.3 is 11.6 Å². The summed E-state index contributed by atoms with van der Waals surface area (Å²) in [6.07, 6.45) is 4.56. The molecule has 138 valence electrons. The van der Waals surface area contributed by atoms with E-state index in [1.54, 1.807) is 0 Å². The monoisotopic (exact) mass is 354 g/mol. The number of hydrogen-bond donors (Lipinski definition) is 0. The van der Waals surface area contributed by atoms with Crippen molar-refractivity contribution in [3.05, 3.63) is 45.3 Å². The molecule has 1 aromatic carbocycles. The standard InChI is InChI=1S/C22H26O4/c1-12(2)17-10-18-16(9-21(23)26-20(18)6-13(17)3)11-25-22(24)19-8-14-4-5-15(19)7-14/h6,9-10,12,14-15,19H,4-5,7-8,11H2,1-3H3. The van der Waals surface area contributed by atoms with Crippen molar-refractivity contribution in [1.29, 1.82) is 0 Å². The van der Waals surface area contributed by atoms with Crippen LogP contribution in [0.3, 0.4) is 0 Å². The molecule has 2 fully saturated rings. The molecule has 4 rings (SSSR count). The summed E-state index contributed by atoms with van der Waals surface area (Å²) in [4.78, 5) is 24.5. The van der Waals surface area contributed by atoms with E-state index in [1.807, 2.05) is 13.0 Å². The zero-order chi connectivity index (χ0) is 18.4. The van der Waals surface area contributed by atoms with E-state index in [2.05, 4.69) is 19.9 Å². The molecule has 0 N–H and O–H groups in total. The Balaban J connectivity index is 1.60. The maximum absolute atomic E-state index is 12.5. The van der Waals surface area contributed by atoms with Gasteiger partial charge in [-0.25, -0.2) is 4.79 Å². The van der Waals surface area contributed by atoms with Gasteiger partial charge in [0.25, 0.3) is 0 Å². The van der Waals surface area contributed by atoms with Crippen LogP contribution in [0.1, 0.15) is 62.1 Å². The Morgan fingerprint density at radius 3 is 2.69 bits per heavy atom. The van der Waals surface area contributed by atoms with Crippen LogP contribution >= 0.6 is 0 Å². The Bertz CT molecular complexity index is 908. The molecule has 2 bridgehead atoms. The van der Waals surface area contributed by atoms with Crippen LogP contribution in [0, 0.1) is 24.7 Å². The van der Waals surface area contributed by atoms with Gasteiger partial charge in [-0.15, -0.1) is 0 Å². The Morgan fingerprint density at radius 1 is 1.23 bits per heavy atom. The first-order valence-electron chi connectivity index (χ1n) is 9.66.